The summed E-state index contributed by atoms with van der Waals surface area (Å²) in [7, 11) is 0. The molecule has 3 aromatic rings. The monoisotopic (exact) mass is 376 g/mol. The second kappa shape index (κ2) is 7.08. The molecule has 0 saturated carbocycles. The van der Waals surface area contributed by atoms with E-state index in [-0.39, 0.29) is 11.2 Å². The van der Waals surface area contributed by atoms with Gasteiger partial charge in [0.2, 0.25) is 0 Å². The zero-order valence-electron chi connectivity index (χ0n) is 15.8. The highest BCUT2D eigenvalue weighted by Crippen LogP contribution is 2.36. The molecule has 2 aromatic carbocycles. The summed E-state index contributed by atoms with van der Waals surface area (Å²) in [5.41, 5.74) is 3.55. The lowest BCUT2D eigenvalue weighted by atomic mass is 9.90. The topological polar surface area (TPSA) is 51.2 Å². The first-order chi connectivity index (χ1) is 13.4. The van der Waals surface area contributed by atoms with Gasteiger partial charge in [0, 0.05) is 12.0 Å². The van der Waals surface area contributed by atoms with Gasteiger partial charge >= 0.3 is 5.97 Å². The second-order valence-electron chi connectivity index (χ2n) is 7.64. The van der Waals surface area contributed by atoms with Crippen LogP contribution in [-0.2, 0) is 11.8 Å². The van der Waals surface area contributed by atoms with Gasteiger partial charge < -0.3 is 10.1 Å². The number of carbonyl (C=O) groups excluding carboxylic acids is 1. The zero-order valence-corrected chi connectivity index (χ0v) is 15.8. The lowest BCUT2D eigenvalue weighted by molar-refractivity contribution is 0.0727. The van der Waals surface area contributed by atoms with Crippen molar-refractivity contribution in [2.24, 2.45) is 0 Å². The summed E-state index contributed by atoms with van der Waals surface area (Å²) >= 11 is 0. The summed E-state index contributed by atoms with van der Waals surface area (Å²) in [5.74, 6) is -0.309. The summed E-state index contributed by atoms with van der Waals surface area (Å²) in [6.07, 6.45) is 0.460. The number of pyridine rings is 1. The molecule has 1 N–H and O–H groups in total. The molecule has 1 aliphatic heterocycles. The number of rotatable bonds is 4. The van der Waals surface area contributed by atoms with Crippen molar-refractivity contribution in [3.05, 3.63) is 89.0 Å². The van der Waals surface area contributed by atoms with E-state index in [4.69, 9.17) is 9.72 Å². The SMILES string of the molecule is CC1(C)CNc2cc(Cc3ccc(F)cc3)c(C(=O)Oc3ccccc3)nc21. The summed E-state index contributed by atoms with van der Waals surface area (Å²) < 4.78 is 18.8. The average Bonchev–Trinajstić information content (AvgIpc) is 2.98. The second-order valence-corrected chi connectivity index (χ2v) is 7.64. The lowest BCUT2D eigenvalue weighted by Crippen LogP contribution is -2.22. The summed E-state index contributed by atoms with van der Waals surface area (Å²) in [5, 5.41) is 3.37. The van der Waals surface area contributed by atoms with E-state index in [1.54, 1.807) is 24.3 Å². The van der Waals surface area contributed by atoms with Crippen molar-refractivity contribution in [3.8, 4) is 5.75 Å². The molecule has 0 spiro atoms. The lowest BCUT2D eigenvalue weighted by Gasteiger charge is -2.18. The van der Waals surface area contributed by atoms with Crippen LogP contribution in [0.2, 0.25) is 0 Å². The van der Waals surface area contributed by atoms with E-state index in [0.29, 0.717) is 17.9 Å². The van der Waals surface area contributed by atoms with Gasteiger partial charge in [0.1, 0.15) is 11.6 Å². The van der Waals surface area contributed by atoms with Crippen LogP contribution in [0.1, 0.15) is 41.2 Å². The van der Waals surface area contributed by atoms with Gasteiger partial charge in [-0.3, -0.25) is 0 Å². The minimum absolute atomic E-state index is 0.175. The van der Waals surface area contributed by atoms with Crippen LogP contribution in [0.5, 0.6) is 5.75 Å². The molecule has 0 aliphatic carbocycles. The molecule has 0 atom stereocenters. The molecular formula is C23H21FN2O2. The number of hydrogen-bond donors (Lipinski definition) is 1. The van der Waals surface area contributed by atoms with Crippen molar-refractivity contribution in [1.82, 2.24) is 4.98 Å². The molecule has 5 heteroatoms. The van der Waals surface area contributed by atoms with E-state index in [9.17, 15) is 9.18 Å². The number of aromatic nitrogens is 1. The van der Waals surface area contributed by atoms with Crippen LogP contribution in [0.4, 0.5) is 10.1 Å². The third kappa shape index (κ3) is 3.60. The first-order valence-electron chi connectivity index (χ1n) is 9.22. The molecule has 0 bridgehead atoms. The first-order valence-corrected chi connectivity index (χ1v) is 9.22. The van der Waals surface area contributed by atoms with Crippen LogP contribution >= 0.6 is 0 Å². The van der Waals surface area contributed by atoms with E-state index in [1.165, 1.54) is 12.1 Å². The normalized spacial score (nSPS) is 14.2. The highest BCUT2D eigenvalue weighted by molar-refractivity contribution is 5.91. The molecule has 0 unspecified atom stereocenters. The fourth-order valence-electron chi connectivity index (χ4n) is 3.38. The number of fused-ring (bicyclic) bond motifs is 1. The molecule has 2 heterocycles. The van der Waals surface area contributed by atoms with Crippen LogP contribution < -0.4 is 10.1 Å². The largest absolute Gasteiger partial charge is 0.422 e. The van der Waals surface area contributed by atoms with Gasteiger partial charge in [0.05, 0.1) is 11.4 Å². The summed E-state index contributed by atoms with van der Waals surface area (Å²) in [4.78, 5) is 17.6. The van der Waals surface area contributed by atoms with Crippen LogP contribution in [-0.4, -0.2) is 17.5 Å². The van der Waals surface area contributed by atoms with Crippen molar-refractivity contribution in [2.45, 2.75) is 25.7 Å². The Bertz CT molecular complexity index is 1010. The van der Waals surface area contributed by atoms with Gasteiger partial charge in [-0.15, -0.1) is 0 Å². The van der Waals surface area contributed by atoms with Crippen LogP contribution in [0.3, 0.4) is 0 Å². The molecule has 142 valence electrons. The highest BCUT2D eigenvalue weighted by atomic mass is 19.1. The van der Waals surface area contributed by atoms with Crippen LogP contribution in [0.15, 0.2) is 60.7 Å². The van der Waals surface area contributed by atoms with Gasteiger partial charge in [-0.05, 0) is 47.9 Å². The number of anilines is 1. The van der Waals surface area contributed by atoms with Crippen molar-refractivity contribution >= 4 is 11.7 Å². The maximum absolute atomic E-state index is 13.2. The van der Waals surface area contributed by atoms with Gasteiger partial charge in [-0.2, -0.15) is 0 Å². The summed E-state index contributed by atoms with van der Waals surface area (Å²) in [6, 6.07) is 17.2. The Balaban J connectivity index is 1.73. The fraction of sp³-hybridized carbons (Fsp3) is 0.217. The smallest absolute Gasteiger partial charge is 0.362 e. The third-order valence-corrected chi connectivity index (χ3v) is 4.92. The molecule has 4 rings (SSSR count). The van der Waals surface area contributed by atoms with Crippen LogP contribution in [0.25, 0.3) is 0 Å². The third-order valence-electron chi connectivity index (χ3n) is 4.92. The van der Waals surface area contributed by atoms with Crippen molar-refractivity contribution in [3.63, 3.8) is 0 Å². The minimum Gasteiger partial charge on any atom is -0.422 e. The number of carbonyl (C=O) groups is 1. The predicted molar refractivity (Wildman–Crippen MR) is 106 cm³/mol. The molecule has 0 amide bonds. The highest BCUT2D eigenvalue weighted by Gasteiger charge is 2.33. The molecule has 0 fully saturated rings. The summed E-state index contributed by atoms with van der Waals surface area (Å²) in [6.45, 7) is 4.93. The van der Waals surface area contributed by atoms with Gasteiger partial charge in [-0.1, -0.05) is 44.2 Å². The van der Waals surface area contributed by atoms with Gasteiger partial charge in [-0.25, -0.2) is 14.2 Å². The Kier molecular flexibility index (Phi) is 4.59. The average molecular weight is 376 g/mol. The number of nitrogens with one attached hydrogen (secondary N) is 1. The Labute approximate surface area is 163 Å². The number of hydrogen-bond acceptors (Lipinski definition) is 4. The number of para-hydroxylation sites is 1. The molecule has 1 aliphatic rings. The molecule has 4 nitrogen and oxygen atoms in total. The van der Waals surface area contributed by atoms with Crippen molar-refractivity contribution < 1.29 is 13.9 Å². The molecule has 0 saturated heterocycles. The fourth-order valence-corrected chi connectivity index (χ4v) is 3.38. The van der Waals surface area contributed by atoms with E-state index < -0.39 is 5.97 Å². The molecule has 28 heavy (non-hydrogen) atoms. The molecule has 1 aromatic heterocycles. The van der Waals surface area contributed by atoms with Crippen molar-refractivity contribution in [2.75, 3.05) is 11.9 Å². The standard InChI is InChI=1S/C23H21FN2O2/c1-23(2)14-25-19-13-16(12-15-8-10-17(24)11-9-15)20(26-21(19)23)22(27)28-18-6-4-3-5-7-18/h3-11,13,25H,12,14H2,1-2H3. The Morgan fingerprint density at radius 3 is 2.57 bits per heavy atom. The van der Waals surface area contributed by atoms with E-state index in [1.807, 2.05) is 24.3 Å². The van der Waals surface area contributed by atoms with Gasteiger partial charge in [0.15, 0.2) is 5.69 Å². The van der Waals surface area contributed by atoms with Crippen LogP contribution in [0, 0.1) is 5.82 Å². The maximum Gasteiger partial charge on any atom is 0.362 e. The molecule has 0 radical (unpaired) electrons. The maximum atomic E-state index is 13.2. The van der Waals surface area contributed by atoms with E-state index in [2.05, 4.69) is 19.2 Å². The number of esters is 1. The predicted octanol–water partition coefficient (Wildman–Crippen LogP) is 4.73. The first kappa shape index (κ1) is 18.2. The van der Waals surface area contributed by atoms with E-state index in [0.717, 1.165) is 29.1 Å². The zero-order chi connectivity index (χ0) is 19.7. The number of nitrogens with zero attached hydrogens (tertiary/aromatic N) is 1. The Morgan fingerprint density at radius 2 is 1.86 bits per heavy atom. The number of ether oxygens (including phenoxy) is 1. The number of benzene rings is 2. The minimum atomic E-state index is -0.492. The van der Waals surface area contributed by atoms with Crippen molar-refractivity contribution in [1.29, 1.82) is 0 Å². The molecular weight excluding hydrogens is 355 g/mol. The Morgan fingerprint density at radius 1 is 1.14 bits per heavy atom. The quantitative estimate of drug-likeness (QED) is 0.528. The van der Waals surface area contributed by atoms with Gasteiger partial charge in [0.25, 0.3) is 0 Å². The van der Waals surface area contributed by atoms with E-state index >= 15 is 0 Å². The Hall–Kier alpha value is -3.21. The number of halogens is 1.